The number of fused-ring (bicyclic) bond motifs is 1. The Balaban J connectivity index is 2.30. The molecular weight excluding hydrogens is 314 g/mol. The minimum Gasteiger partial charge on any atom is -0.330 e. The van der Waals surface area contributed by atoms with Crippen LogP contribution in [0.4, 0.5) is 0 Å². The number of benzene rings is 1. The van der Waals surface area contributed by atoms with E-state index in [4.69, 9.17) is 10.7 Å². The molecule has 0 aliphatic heterocycles. The van der Waals surface area contributed by atoms with Crippen molar-refractivity contribution in [3.63, 3.8) is 0 Å². The van der Waals surface area contributed by atoms with E-state index in [9.17, 15) is 0 Å². The standard InChI is InChI=1S/C16H16BrN3/c1-11-3-2-4-15-19-14(9-10-18)16(20(11)15)12-5-7-13(17)8-6-12/h2-8H,9-10,18H2,1H3. The number of pyridine rings is 1. The highest BCUT2D eigenvalue weighted by molar-refractivity contribution is 9.10. The Labute approximate surface area is 126 Å². The van der Waals surface area contributed by atoms with E-state index in [1.54, 1.807) is 0 Å². The third-order valence-electron chi connectivity index (χ3n) is 3.41. The van der Waals surface area contributed by atoms with Crippen LogP contribution in [0, 0.1) is 6.92 Å². The fraction of sp³-hybridized carbons (Fsp3) is 0.188. The fourth-order valence-electron chi connectivity index (χ4n) is 2.52. The summed E-state index contributed by atoms with van der Waals surface area (Å²) in [7, 11) is 0. The molecule has 0 spiro atoms. The Morgan fingerprint density at radius 2 is 1.90 bits per heavy atom. The number of aromatic nitrogens is 2. The fourth-order valence-corrected chi connectivity index (χ4v) is 2.78. The maximum Gasteiger partial charge on any atom is 0.137 e. The van der Waals surface area contributed by atoms with Crippen LogP contribution in [0.5, 0.6) is 0 Å². The second-order valence-electron chi connectivity index (χ2n) is 4.81. The summed E-state index contributed by atoms with van der Waals surface area (Å²) >= 11 is 3.48. The van der Waals surface area contributed by atoms with Crippen molar-refractivity contribution in [1.29, 1.82) is 0 Å². The van der Waals surface area contributed by atoms with Crippen molar-refractivity contribution in [1.82, 2.24) is 9.38 Å². The molecule has 0 fully saturated rings. The Hall–Kier alpha value is -1.65. The second kappa shape index (κ2) is 5.38. The van der Waals surface area contributed by atoms with Crippen LogP contribution >= 0.6 is 15.9 Å². The van der Waals surface area contributed by atoms with Crippen LogP contribution < -0.4 is 5.73 Å². The van der Waals surface area contributed by atoms with Crippen LogP contribution in [0.2, 0.25) is 0 Å². The van der Waals surface area contributed by atoms with E-state index < -0.39 is 0 Å². The summed E-state index contributed by atoms with van der Waals surface area (Å²) in [4.78, 5) is 4.73. The first-order chi connectivity index (χ1) is 9.70. The van der Waals surface area contributed by atoms with E-state index in [1.165, 1.54) is 11.3 Å². The molecule has 3 rings (SSSR count). The van der Waals surface area contributed by atoms with Crippen molar-refractivity contribution in [3.05, 3.63) is 58.3 Å². The zero-order valence-electron chi connectivity index (χ0n) is 11.3. The summed E-state index contributed by atoms with van der Waals surface area (Å²) in [6.45, 7) is 2.70. The molecule has 0 radical (unpaired) electrons. The maximum atomic E-state index is 5.73. The van der Waals surface area contributed by atoms with Crippen molar-refractivity contribution in [2.75, 3.05) is 6.54 Å². The number of nitrogens with two attached hydrogens (primary N) is 1. The van der Waals surface area contributed by atoms with Gasteiger partial charge in [0.2, 0.25) is 0 Å². The van der Waals surface area contributed by atoms with Crippen molar-refractivity contribution in [2.45, 2.75) is 13.3 Å². The lowest BCUT2D eigenvalue weighted by molar-refractivity contribution is 0.938. The van der Waals surface area contributed by atoms with Gasteiger partial charge in [-0.3, -0.25) is 4.40 Å². The minimum absolute atomic E-state index is 0.604. The lowest BCUT2D eigenvalue weighted by atomic mass is 10.1. The largest absolute Gasteiger partial charge is 0.330 e. The number of hydrogen-bond donors (Lipinski definition) is 1. The molecule has 2 heterocycles. The highest BCUT2D eigenvalue weighted by Crippen LogP contribution is 2.28. The third kappa shape index (κ3) is 2.25. The number of hydrogen-bond acceptors (Lipinski definition) is 2. The van der Waals surface area contributed by atoms with Crippen LogP contribution in [-0.4, -0.2) is 15.9 Å². The van der Waals surface area contributed by atoms with Gasteiger partial charge in [-0.15, -0.1) is 0 Å². The van der Waals surface area contributed by atoms with E-state index >= 15 is 0 Å². The highest BCUT2D eigenvalue weighted by atomic mass is 79.9. The van der Waals surface area contributed by atoms with Gasteiger partial charge in [0, 0.05) is 22.2 Å². The SMILES string of the molecule is Cc1cccc2nc(CCN)c(-c3ccc(Br)cc3)n12. The molecule has 3 aromatic rings. The first-order valence-electron chi connectivity index (χ1n) is 6.63. The molecule has 0 saturated heterocycles. The average molecular weight is 330 g/mol. The molecule has 2 N–H and O–H groups in total. The van der Waals surface area contributed by atoms with Crippen molar-refractivity contribution >= 4 is 21.6 Å². The number of halogens is 1. The summed E-state index contributed by atoms with van der Waals surface area (Å²) < 4.78 is 3.28. The summed E-state index contributed by atoms with van der Waals surface area (Å²) in [5.74, 6) is 0. The Bertz CT molecular complexity index is 744. The number of nitrogens with zero attached hydrogens (tertiary/aromatic N) is 2. The minimum atomic E-state index is 0.604. The zero-order valence-corrected chi connectivity index (χ0v) is 12.9. The van der Waals surface area contributed by atoms with Gasteiger partial charge < -0.3 is 5.73 Å². The van der Waals surface area contributed by atoms with Gasteiger partial charge in [0.05, 0.1) is 11.4 Å². The molecule has 0 saturated carbocycles. The lowest BCUT2D eigenvalue weighted by Crippen LogP contribution is -2.04. The molecule has 0 bridgehead atoms. The monoisotopic (exact) mass is 329 g/mol. The van der Waals surface area contributed by atoms with E-state index in [0.29, 0.717) is 6.54 Å². The molecule has 102 valence electrons. The van der Waals surface area contributed by atoms with E-state index in [-0.39, 0.29) is 0 Å². The second-order valence-corrected chi connectivity index (χ2v) is 5.73. The molecule has 0 amide bonds. The highest BCUT2D eigenvalue weighted by Gasteiger charge is 2.14. The van der Waals surface area contributed by atoms with Crippen molar-refractivity contribution in [3.8, 4) is 11.3 Å². The normalized spacial score (nSPS) is 11.2. The Morgan fingerprint density at radius 1 is 1.15 bits per heavy atom. The van der Waals surface area contributed by atoms with Crippen LogP contribution in [-0.2, 0) is 6.42 Å². The summed E-state index contributed by atoms with van der Waals surface area (Å²) in [6, 6.07) is 14.5. The predicted molar refractivity (Wildman–Crippen MR) is 85.8 cm³/mol. The Kier molecular flexibility index (Phi) is 3.59. The van der Waals surface area contributed by atoms with Gasteiger partial charge in [0.15, 0.2) is 0 Å². The van der Waals surface area contributed by atoms with Crippen LogP contribution in [0.3, 0.4) is 0 Å². The van der Waals surface area contributed by atoms with Crippen LogP contribution in [0.25, 0.3) is 16.9 Å². The zero-order chi connectivity index (χ0) is 14.1. The topological polar surface area (TPSA) is 43.3 Å². The lowest BCUT2D eigenvalue weighted by Gasteiger charge is -2.07. The quantitative estimate of drug-likeness (QED) is 0.798. The van der Waals surface area contributed by atoms with E-state index in [2.05, 4.69) is 57.6 Å². The van der Waals surface area contributed by atoms with Crippen molar-refractivity contribution in [2.24, 2.45) is 5.73 Å². The van der Waals surface area contributed by atoms with Gasteiger partial charge in [0.1, 0.15) is 5.65 Å². The molecular formula is C16H16BrN3. The third-order valence-corrected chi connectivity index (χ3v) is 3.94. The van der Waals surface area contributed by atoms with Gasteiger partial charge in [-0.1, -0.05) is 34.1 Å². The summed E-state index contributed by atoms with van der Waals surface area (Å²) in [5, 5.41) is 0. The molecule has 20 heavy (non-hydrogen) atoms. The smallest absolute Gasteiger partial charge is 0.137 e. The number of rotatable bonds is 3. The first-order valence-corrected chi connectivity index (χ1v) is 7.43. The molecule has 2 aromatic heterocycles. The van der Waals surface area contributed by atoms with Crippen LogP contribution in [0.15, 0.2) is 46.9 Å². The van der Waals surface area contributed by atoms with Crippen LogP contribution in [0.1, 0.15) is 11.4 Å². The predicted octanol–water partition coefficient (Wildman–Crippen LogP) is 3.57. The first kappa shape index (κ1) is 13.3. The molecule has 0 unspecified atom stereocenters. The van der Waals surface area contributed by atoms with Gasteiger partial charge in [-0.25, -0.2) is 4.98 Å². The summed E-state index contributed by atoms with van der Waals surface area (Å²) in [5.41, 5.74) is 11.3. The maximum absolute atomic E-state index is 5.73. The van der Waals surface area contributed by atoms with E-state index in [0.717, 1.165) is 27.9 Å². The molecule has 1 aromatic carbocycles. The van der Waals surface area contributed by atoms with Gasteiger partial charge >= 0.3 is 0 Å². The number of imidazole rings is 1. The molecule has 4 heteroatoms. The van der Waals surface area contributed by atoms with Crippen molar-refractivity contribution < 1.29 is 0 Å². The molecule has 3 nitrogen and oxygen atoms in total. The molecule has 0 aliphatic carbocycles. The van der Waals surface area contributed by atoms with Gasteiger partial charge in [-0.05, 0) is 37.7 Å². The average Bonchev–Trinajstić information content (AvgIpc) is 2.80. The Morgan fingerprint density at radius 3 is 2.60 bits per heavy atom. The summed E-state index contributed by atoms with van der Waals surface area (Å²) in [6.07, 6.45) is 0.784. The molecule has 0 atom stereocenters. The number of aryl methyl sites for hydroxylation is 1. The van der Waals surface area contributed by atoms with Gasteiger partial charge in [0.25, 0.3) is 0 Å². The van der Waals surface area contributed by atoms with E-state index in [1.807, 2.05) is 12.1 Å². The molecule has 0 aliphatic rings. The van der Waals surface area contributed by atoms with Gasteiger partial charge in [-0.2, -0.15) is 0 Å².